The zero-order valence-electron chi connectivity index (χ0n) is 12.2. The van der Waals surface area contributed by atoms with Crippen LogP contribution in [0.1, 0.15) is 52.9 Å². The van der Waals surface area contributed by atoms with Gasteiger partial charge in [0.15, 0.2) is 0 Å². The van der Waals surface area contributed by atoms with Crippen LogP contribution in [-0.4, -0.2) is 47.2 Å². The molecule has 0 aromatic carbocycles. The van der Waals surface area contributed by atoms with Crippen molar-refractivity contribution < 1.29 is 9.90 Å². The van der Waals surface area contributed by atoms with E-state index in [0.29, 0.717) is 6.54 Å². The predicted molar refractivity (Wildman–Crippen MR) is 73.4 cm³/mol. The maximum absolute atomic E-state index is 12.0. The number of nitrogens with zero attached hydrogens (tertiary/aromatic N) is 1. The molecule has 1 amide bonds. The summed E-state index contributed by atoms with van der Waals surface area (Å²) in [6.07, 6.45) is 4.84. The van der Waals surface area contributed by atoms with Gasteiger partial charge in [-0.2, -0.15) is 0 Å². The summed E-state index contributed by atoms with van der Waals surface area (Å²) >= 11 is 0. The summed E-state index contributed by atoms with van der Waals surface area (Å²) in [5, 5.41) is 13.3. The molecule has 0 aliphatic heterocycles. The van der Waals surface area contributed by atoms with Crippen LogP contribution in [0, 0.1) is 0 Å². The van der Waals surface area contributed by atoms with Gasteiger partial charge in [-0.3, -0.25) is 9.69 Å². The molecule has 0 saturated heterocycles. The number of carbonyl (C=O) groups is 1. The number of hydrogen-bond donors (Lipinski definition) is 2. The molecule has 2 unspecified atom stereocenters. The second-order valence-corrected chi connectivity index (χ2v) is 5.84. The van der Waals surface area contributed by atoms with Crippen molar-refractivity contribution in [3.63, 3.8) is 0 Å². The summed E-state index contributed by atoms with van der Waals surface area (Å²) < 4.78 is 0. The van der Waals surface area contributed by atoms with Crippen LogP contribution in [0.3, 0.4) is 0 Å². The van der Waals surface area contributed by atoms with Crippen molar-refractivity contribution in [2.75, 3.05) is 13.6 Å². The molecule has 0 heterocycles. The number of aliphatic hydroxyl groups is 1. The Hall–Kier alpha value is -0.610. The Morgan fingerprint density at radius 1 is 1.39 bits per heavy atom. The molecule has 106 valence electrons. The van der Waals surface area contributed by atoms with E-state index < -0.39 is 5.60 Å². The molecule has 2 N–H and O–H groups in total. The standard InChI is InChI=1S/C14H28N2O2/c1-5-11(2)15-13(17)12(3)16(4)10-14(18)8-6-7-9-14/h11-12,18H,5-10H2,1-4H3,(H,15,17). The first-order valence-corrected chi connectivity index (χ1v) is 7.11. The molecule has 1 aliphatic rings. The minimum atomic E-state index is -0.584. The van der Waals surface area contributed by atoms with Gasteiger partial charge in [-0.05, 0) is 40.2 Å². The molecular formula is C14H28N2O2. The molecule has 0 radical (unpaired) electrons. The van der Waals surface area contributed by atoms with E-state index >= 15 is 0 Å². The molecule has 1 rings (SSSR count). The first-order valence-electron chi connectivity index (χ1n) is 7.11. The van der Waals surface area contributed by atoms with Crippen LogP contribution in [0.2, 0.25) is 0 Å². The van der Waals surface area contributed by atoms with Crippen molar-refractivity contribution >= 4 is 5.91 Å². The largest absolute Gasteiger partial charge is 0.389 e. The number of carbonyl (C=O) groups excluding carboxylic acids is 1. The second kappa shape index (κ2) is 6.53. The minimum absolute atomic E-state index is 0.0495. The third kappa shape index (κ3) is 4.25. The van der Waals surface area contributed by atoms with E-state index in [1.165, 1.54) is 0 Å². The molecule has 0 aromatic heterocycles. The Balaban J connectivity index is 2.45. The summed E-state index contributed by atoms with van der Waals surface area (Å²) in [7, 11) is 1.91. The highest BCUT2D eigenvalue weighted by Crippen LogP contribution is 2.30. The predicted octanol–water partition coefficient (Wildman–Crippen LogP) is 1.53. The van der Waals surface area contributed by atoms with Gasteiger partial charge in [0.2, 0.25) is 5.91 Å². The SMILES string of the molecule is CCC(C)NC(=O)C(C)N(C)CC1(O)CCCC1. The minimum Gasteiger partial charge on any atom is -0.389 e. The summed E-state index contributed by atoms with van der Waals surface area (Å²) in [5.41, 5.74) is -0.584. The summed E-state index contributed by atoms with van der Waals surface area (Å²) in [5.74, 6) is 0.0495. The van der Waals surface area contributed by atoms with Gasteiger partial charge in [-0.15, -0.1) is 0 Å². The van der Waals surface area contributed by atoms with Crippen molar-refractivity contribution in [1.29, 1.82) is 0 Å². The Morgan fingerprint density at radius 3 is 2.44 bits per heavy atom. The van der Waals surface area contributed by atoms with Crippen LogP contribution >= 0.6 is 0 Å². The van der Waals surface area contributed by atoms with Crippen LogP contribution in [0.4, 0.5) is 0 Å². The first-order chi connectivity index (χ1) is 8.38. The van der Waals surface area contributed by atoms with Crippen LogP contribution in [0.15, 0.2) is 0 Å². The molecule has 0 aromatic rings. The fourth-order valence-electron chi connectivity index (χ4n) is 2.46. The molecule has 1 aliphatic carbocycles. The molecular weight excluding hydrogens is 228 g/mol. The van der Waals surface area contributed by atoms with Crippen molar-refractivity contribution in [1.82, 2.24) is 10.2 Å². The van der Waals surface area contributed by atoms with Gasteiger partial charge in [0, 0.05) is 12.6 Å². The highest BCUT2D eigenvalue weighted by atomic mass is 16.3. The average molecular weight is 256 g/mol. The average Bonchev–Trinajstić information content (AvgIpc) is 2.74. The van der Waals surface area contributed by atoms with Gasteiger partial charge < -0.3 is 10.4 Å². The van der Waals surface area contributed by atoms with Crippen LogP contribution in [0.5, 0.6) is 0 Å². The fourth-order valence-corrected chi connectivity index (χ4v) is 2.46. The van der Waals surface area contributed by atoms with Gasteiger partial charge in [-0.1, -0.05) is 19.8 Å². The Labute approximate surface area is 111 Å². The topological polar surface area (TPSA) is 52.6 Å². The third-order valence-corrected chi connectivity index (χ3v) is 4.12. The maximum Gasteiger partial charge on any atom is 0.237 e. The number of hydrogen-bond acceptors (Lipinski definition) is 3. The zero-order chi connectivity index (χ0) is 13.8. The van der Waals surface area contributed by atoms with Crippen LogP contribution in [0.25, 0.3) is 0 Å². The highest BCUT2D eigenvalue weighted by Gasteiger charge is 2.34. The molecule has 2 atom stereocenters. The van der Waals surface area contributed by atoms with Gasteiger partial charge in [0.1, 0.15) is 0 Å². The van der Waals surface area contributed by atoms with E-state index in [1.807, 2.05) is 25.8 Å². The molecule has 0 bridgehead atoms. The summed E-state index contributed by atoms with van der Waals surface area (Å²) in [4.78, 5) is 14.0. The van der Waals surface area contributed by atoms with Gasteiger partial charge >= 0.3 is 0 Å². The lowest BCUT2D eigenvalue weighted by Gasteiger charge is -2.32. The third-order valence-electron chi connectivity index (χ3n) is 4.12. The Morgan fingerprint density at radius 2 is 1.94 bits per heavy atom. The normalized spacial score (nSPS) is 21.9. The zero-order valence-corrected chi connectivity index (χ0v) is 12.2. The second-order valence-electron chi connectivity index (χ2n) is 5.84. The molecule has 4 nitrogen and oxygen atoms in total. The highest BCUT2D eigenvalue weighted by molar-refractivity contribution is 5.81. The lowest BCUT2D eigenvalue weighted by Crippen LogP contribution is -2.50. The van der Waals surface area contributed by atoms with E-state index in [9.17, 15) is 9.90 Å². The van der Waals surface area contributed by atoms with E-state index in [1.54, 1.807) is 0 Å². The molecule has 18 heavy (non-hydrogen) atoms. The van der Waals surface area contributed by atoms with E-state index in [-0.39, 0.29) is 18.0 Å². The van der Waals surface area contributed by atoms with E-state index in [0.717, 1.165) is 32.1 Å². The van der Waals surface area contributed by atoms with Crippen molar-refractivity contribution in [3.05, 3.63) is 0 Å². The first kappa shape index (κ1) is 15.4. The van der Waals surface area contributed by atoms with Gasteiger partial charge in [-0.25, -0.2) is 0 Å². The van der Waals surface area contributed by atoms with E-state index in [4.69, 9.17) is 0 Å². The Kier molecular flexibility index (Phi) is 5.60. The quantitative estimate of drug-likeness (QED) is 0.758. The molecule has 0 spiro atoms. The van der Waals surface area contributed by atoms with Crippen molar-refractivity contribution in [2.24, 2.45) is 0 Å². The van der Waals surface area contributed by atoms with E-state index in [2.05, 4.69) is 12.2 Å². The monoisotopic (exact) mass is 256 g/mol. The Bertz CT molecular complexity index is 275. The van der Waals surface area contributed by atoms with Crippen molar-refractivity contribution in [3.8, 4) is 0 Å². The lowest BCUT2D eigenvalue weighted by atomic mass is 10.0. The molecule has 1 saturated carbocycles. The van der Waals surface area contributed by atoms with Gasteiger partial charge in [0.05, 0.1) is 11.6 Å². The summed E-state index contributed by atoms with van der Waals surface area (Å²) in [6, 6.07) is 0.0199. The van der Waals surface area contributed by atoms with Crippen molar-refractivity contribution in [2.45, 2.75) is 70.6 Å². The molecule has 1 fully saturated rings. The molecule has 4 heteroatoms. The summed E-state index contributed by atoms with van der Waals surface area (Å²) in [6.45, 7) is 6.55. The lowest BCUT2D eigenvalue weighted by molar-refractivity contribution is -0.127. The van der Waals surface area contributed by atoms with Crippen LogP contribution in [-0.2, 0) is 4.79 Å². The number of rotatable bonds is 6. The fraction of sp³-hybridized carbons (Fsp3) is 0.929. The number of likely N-dealkylation sites (N-methyl/N-ethyl adjacent to an activating group) is 1. The van der Waals surface area contributed by atoms with Gasteiger partial charge in [0.25, 0.3) is 0 Å². The smallest absolute Gasteiger partial charge is 0.237 e. The maximum atomic E-state index is 12.0. The number of amides is 1. The number of nitrogens with one attached hydrogen (secondary N) is 1. The van der Waals surface area contributed by atoms with Crippen LogP contribution < -0.4 is 5.32 Å².